The normalized spacial score (nSPS) is 11.2. The molecule has 0 aliphatic heterocycles. The van der Waals surface area contributed by atoms with Crippen molar-refractivity contribution in [3.63, 3.8) is 0 Å². The summed E-state index contributed by atoms with van der Waals surface area (Å²) in [5.41, 5.74) is 0.776. The van der Waals surface area contributed by atoms with Gasteiger partial charge in [-0.25, -0.2) is 22.8 Å². The van der Waals surface area contributed by atoms with E-state index in [1.165, 1.54) is 12.4 Å². The van der Waals surface area contributed by atoms with Crippen molar-refractivity contribution in [1.29, 1.82) is 0 Å². The molecule has 2 heterocycles. The monoisotopic (exact) mass is 263 g/mol. The Kier molecular flexibility index (Phi) is 2.51. The maximum absolute atomic E-state index is 13.7. The topological polar surface area (TPSA) is 30.7 Å². The first kappa shape index (κ1) is 11.7. The molecule has 0 radical (unpaired) electrons. The molecule has 6 heteroatoms. The molecule has 0 amide bonds. The van der Waals surface area contributed by atoms with Gasteiger partial charge in [0.2, 0.25) is 0 Å². The highest BCUT2D eigenvalue weighted by atomic mass is 19.1. The third-order valence-corrected chi connectivity index (χ3v) is 2.88. The fraction of sp³-hybridized carbons (Fsp3) is 0.0769. The van der Waals surface area contributed by atoms with Crippen molar-refractivity contribution >= 4 is 11.0 Å². The number of aromatic nitrogens is 3. The van der Waals surface area contributed by atoms with E-state index in [9.17, 15) is 13.2 Å². The van der Waals surface area contributed by atoms with Crippen LogP contribution >= 0.6 is 0 Å². The van der Waals surface area contributed by atoms with Crippen LogP contribution in [-0.2, 0) is 0 Å². The summed E-state index contributed by atoms with van der Waals surface area (Å²) in [7, 11) is 0. The van der Waals surface area contributed by atoms with Crippen molar-refractivity contribution < 1.29 is 13.2 Å². The average molecular weight is 263 g/mol. The van der Waals surface area contributed by atoms with E-state index in [1.807, 2.05) is 6.92 Å². The van der Waals surface area contributed by atoms with Gasteiger partial charge in [0, 0.05) is 23.7 Å². The van der Waals surface area contributed by atoms with Gasteiger partial charge in [-0.1, -0.05) is 0 Å². The second-order valence-corrected chi connectivity index (χ2v) is 4.14. The zero-order valence-electron chi connectivity index (χ0n) is 9.86. The lowest BCUT2D eigenvalue weighted by molar-refractivity contribution is 0.529. The Morgan fingerprint density at radius 2 is 1.79 bits per heavy atom. The number of hydrogen-bond donors (Lipinski definition) is 0. The first-order chi connectivity index (χ1) is 9.08. The van der Waals surface area contributed by atoms with Gasteiger partial charge in [-0.2, -0.15) is 5.10 Å². The van der Waals surface area contributed by atoms with Crippen LogP contribution in [0.1, 0.15) is 5.56 Å². The number of aryl methyl sites for hydroxylation is 1. The number of hydrogen-bond acceptors (Lipinski definition) is 2. The molecule has 0 N–H and O–H groups in total. The summed E-state index contributed by atoms with van der Waals surface area (Å²) in [6, 6.07) is 3.00. The molecule has 0 aliphatic carbocycles. The molecule has 1 aromatic carbocycles. The van der Waals surface area contributed by atoms with Crippen molar-refractivity contribution in [3.8, 4) is 5.69 Å². The molecule has 0 unspecified atom stereocenters. The van der Waals surface area contributed by atoms with Crippen molar-refractivity contribution in [1.82, 2.24) is 14.8 Å². The van der Waals surface area contributed by atoms with Gasteiger partial charge in [-0.05, 0) is 18.6 Å². The standard InChI is InChI=1S/C13H8F3N3/c1-7-2-3-17-13-9(7)6-18-19(13)12-10(15)4-8(14)5-11(12)16/h2-6H,1H3. The minimum absolute atomic E-state index is 0.324. The van der Waals surface area contributed by atoms with E-state index < -0.39 is 23.1 Å². The summed E-state index contributed by atoms with van der Waals surface area (Å²) in [6.45, 7) is 1.84. The Labute approximate surface area is 106 Å². The molecule has 0 saturated carbocycles. The lowest BCUT2D eigenvalue weighted by atomic mass is 10.2. The fourth-order valence-electron chi connectivity index (χ4n) is 1.95. The van der Waals surface area contributed by atoms with Crippen LogP contribution in [0.15, 0.2) is 30.6 Å². The van der Waals surface area contributed by atoms with Crippen LogP contribution in [0, 0.1) is 24.4 Å². The number of pyridine rings is 1. The van der Waals surface area contributed by atoms with Crippen molar-refractivity contribution in [2.75, 3.05) is 0 Å². The van der Waals surface area contributed by atoms with Gasteiger partial charge in [-0.3, -0.25) is 0 Å². The van der Waals surface area contributed by atoms with Crippen LogP contribution in [0.5, 0.6) is 0 Å². The average Bonchev–Trinajstić information content (AvgIpc) is 2.73. The predicted molar refractivity (Wildman–Crippen MR) is 63.5 cm³/mol. The smallest absolute Gasteiger partial charge is 0.163 e. The Bertz CT molecular complexity index is 757. The molecule has 0 spiro atoms. The van der Waals surface area contributed by atoms with Crippen LogP contribution in [-0.4, -0.2) is 14.8 Å². The molecule has 0 fully saturated rings. The Morgan fingerprint density at radius 3 is 2.47 bits per heavy atom. The number of rotatable bonds is 1. The van der Waals surface area contributed by atoms with E-state index in [0.29, 0.717) is 23.2 Å². The fourth-order valence-corrected chi connectivity index (χ4v) is 1.95. The largest absolute Gasteiger partial charge is 0.237 e. The molecule has 3 aromatic rings. The second-order valence-electron chi connectivity index (χ2n) is 4.14. The van der Waals surface area contributed by atoms with Gasteiger partial charge in [0.05, 0.1) is 6.20 Å². The van der Waals surface area contributed by atoms with Gasteiger partial charge in [0.1, 0.15) is 11.5 Å². The zero-order valence-corrected chi connectivity index (χ0v) is 9.86. The van der Waals surface area contributed by atoms with Crippen LogP contribution < -0.4 is 0 Å². The molecule has 3 nitrogen and oxygen atoms in total. The Balaban J connectivity index is 2.34. The first-order valence-electron chi connectivity index (χ1n) is 5.52. The molecule has 0 atom stereocenters. The lowest BCUT2D eigenvalue weighted by Gasteiger charge is -2.06. The van der Waals surface area contributed by atoms with Crippen molar-refractivity contribution in [3.05, 3.63) is 53.6 Å². The SMILES string of the molecule is Cc1ccnc2c1cnn2-c1c(F)cc(F)cc1F. The molecule has 3 rings (SSSR count). The maximum Gasteiger partial charge on any atom is 0.163 e. The predicted octanol–water partition coefficient (Wildman–Crippen LogP) is 3.15. The summed E-state index contributed by atoms with van der Waals surface area (Å²) >= 11 is 0. The molecule has 0 saturated heterocycles. The quantitative estimate of drug-likeness (QED) is 0.675. The van der Waals surface area contributed by atoms with Crippen LogP contribution in [0.2, 0.25) is 0 Å². The second kappa shape index (κ2) is 4.08. The highest BCUT2D eigenvalue weighted by Crippen LogP contribution is 2.23. The van der Waals surface area contributed by atoms with Gasteiger partial charge in [-0.15, -0.1) is 0 Å². The van der Waals surface area contributed by atoms with Gasteiger partial charge < -0.3 is 0 Å². The van der Waals surface area contributed by atoms with E-state index >= 15 is 0 Å². The third-order valence-electron chi connectivity index (χ3n) is 2.88. The first-order valence-corrected chi connectivity index (χ1v) is 5.52. The summed E-state index contributed by atoms with van der Waals surface area (Å²) in [6.07, 6.45) is 3.00. The highest BCUT2D eigenvalue weighted by Gasteiger charge is 2.17. The number of halogens is 3. The molecule has 19 heavy (non-hydrogen) atoms. The van der Waals surface area contributed by atoms with Gasteiger partial charge in [0.15, 0.2) is 17.3 Å². The Morgan fingerprint density at radius 1 is 1.11 bits per heavy atom. The molecule has 0 bridgehead atoms. The van der Waals surface area contributed by atoms with E-state index in [4.69, 9.17) is 0 Å². The van der Waals surface area contributed by atoms with Gasteiger partial charge >= 0.3 is 0 Å². The molecular weight excluding hydrogens is 255 g/mol. The Hall–Kier alpha value is -2.37. The van der Waals surface area contributed by atoms with Crippen molar-refractivity contribution in [2.45, 2.75) is 6.92 Å². The number of benzene rings is 1. The summed E-state index contributed by atoms with van der Waals surface area (Å²) < 4.78 is 41.4. The minimum atomic E-state index is -1.02. The van der Waals surface area contributed by atoms with E-state index in [-0.39, 0.29) is 0 Å². The zero-order chi connectivity index (χ0) is 13.6. The molecular formula is C13H8F3N3. The van der Waals surface area contributed by atoms with Gasteiger partial charge in [0.25, 0.3) is 0 Å². The highest BCUT2D eigenvalue weighted by molar-refractivity contribution is 5.79. The van der Waals surface area contributed by atoms with Crippen molar-refractivity contribution in [2.24, 2.45) is 0 Å². The van der Waals surface area contributed by atoms with E-state index in [0.717, 1.165) is 10.2 Å². The number of nitrogens with zero attached hydrogens (tertiary/aromatic N) is 3. The summed E-state index contributed by atoms with van der Waals surface area (Å²) in [4.78, 5) is 4.06. The third kappa shape index (κ3) is 1.76. The van der Waals surface area contributed by atoms with E-state index in [1.54, 1.807) is 6.07 Å². The minimum Gasteiger partial charge on any atom is -0.237 e. The lowest BCUT2D eigenvalue weighted by Crippen LogP contribution is -2.05. The van der Waals surface area contributed by atoms with Crippen LogP contribution in [0.3, 0.4) is 0 Å². The molecule has 2 aromatic heterocycles. The molecule has 96 valence electrons. The summed E-state index contributed by atoms with van der Waals surface area (Å²) in [5, 5.41) is 4.62. The summed E-state index contributed by atoms with van der Waals surface area (Å²) in [5.74, 6) is -3.02. The van der Waals surface area contributed by atoms with Crippen LogP contribution in [0.4, 0.5) is 13.2 Å². The maximum atomic E-state index is 13.7. The van der Waals surface area contributed by atoms with E-state index in [2.05, 4.69) is 10.1 Å². The molecule has 0 aliphatic rings. The van der Waals surface area contributed by atoms with Crippen LogP contribution in [0.25, 0.3) is 16.7 Å². The number of fused-ring (bicyclic) bond motifs is 1.